The minimum atomic E-state index is 0.306. The number of rotatable bonds is 4. The molecule has 1 N–H and O–H groups in total. The summed E-state index contributed by atoms with van der Waals surface area (Å²) in [7, 11) is 0. The van der Waals surface area contributed by atoms with Crippen LogP contribution in [0.15, 0.2) is 0 Å². The van der Waals surface area contributed by atoms with Crippen LogP contribution < -0.4 is 5.32 Å². The summed E-state index contributed by atoms with van der Waals surface area (Å²) in [6.07, 6.45) is 15.7. The van der Waals surface area contributed by atoms with Gasteiger partial charge in [0.05, 0.1) is 11.7 Å². The first-order valence-corrected chi connectivity index (χ1v) is 8.69. The Morgan fingerprint density at radius 3 is 2.47 bits per heavy atom. The maximum atomic E-state index is 6.39. The second-order valence-electron chi connectivity index (χ2n) is 7.26. The molecule has 110 valence electrons. The summed E-state index contributed by atoms with van der Waals surface area (Å²) in [5.41, 5.74) is 0.306. The first-order valence-electron chi connectivity index (χ1n) is 8.69. The highest BCUT2D eigenvalue weighted by molar-refractivity contribution is 4.93. The molecule has 2 aliphatic carbocycles. The predicted octanol–water partition coefficient (Wildman–Crippen LogP) is 4.04. The van der Waals surface area contributed by atoms with Crippen molar-refractivity contribution in [2.24, 2.45) is 5.92 Å². The third-order valence-corrected chi connectivity index (χ3v) is 5.88. The average molecular weight is 265 g/mol. The maximum Gasteiger partial charge on any atom is 0.0708 e. The number of hydrogen-bond donors (Lipinski definition) is 1. The van der Waals surface area contributed by atoms with E-state index in [4.69, 9.17) is 4.74 Å². The van der Waals surface area contributed by atoms with Gasteiger partial charge in [0.1, 0.15) is 0 Å². The van der Waals surface area contributed by atoms with Crippen LogP contribution in [0.5, 0.6) is 0 Å². The molecule has 2 saturated carbocycles. The molecule has 0 amide bonds. The summed E-state index contributed by atoms with van der Waals surface area (Å²) in [5.74, 6) is 0.913. The molecule has 1 unspecified atom stereocenters. The molecule has 2 heteroatoms. The van der Waals surface area contributed by atoms with E-state index in [9.17, 15) is 0 Å². The van der Waals surface area contributed by atoms with Crippen molar-refractivity contribution in [3.8, 4) is 0 Å². The van der Waals surface area contributed by atoms with Gasteiger partial charge >= 0.3 is 0 Å². The van der Waals surface area contributed by atoms with Gasteiger partial charge in [0.15, 0.2) is 0 Å². The van der Waals surface area contributed by atoms with Crippen LogP contribution in [0.2, 0.25) is 0 Å². The molecule has 3 fully saturated rings. The molecule has 2 nitrogen and oxygen atoms in total. The van der Waals surface area contributed by atoms with E-state index in [-0.39, 0.29) is 0 Å². The van der Waals surface area contributed by atoms with Crippen molar-refractivity contribution in [2.45, 2.75) is 95.3 Å². The van der Waals surface area contributed by atoms with Crippen LogP contribution in [-0.2, 0) is 4.74 Å². The molecule has 3 aliphatic rings. The van der Waals surface area contributed by atoms with E-state index >= 15 is 0 Å². The van der Waals surface area contributed by atoms with Crippen LogP contribution >= 0.6 is 0 Å². The summed E-state index contributed by atoms with van der Waals surface area (Å²) < 4.78 is 6.39. The molecule has 0 radical (unpaired) electrons. The third kappa shape index (κ3) is 3.33. The minimum Gasteiger partial charge on any atom is -0.370 e. The van der Waals surface area contributed by atoms with Crippen molar-refractivity contribution in [3.05, 3.63) is 0 Å². The molecule has 0 bridgehead atoms. The smallest absolute Gasteiger partial charge is 0.0708 e. The van der Waals surface area contributed by atoms with E-state index in [2.05, 4.69) is 12.2 Å². The van der Waals surface area contributed by atoms with Crippen molar-refractivity contribution in [3.63, 3.8) is 0 Å². The van der Waals surface area contributed by atoms with Crippen LogP contribution in [0.25, 0.3) is 0 Å². The molecule has 1 saturated heterocycles. The molecular formula is C17H31NO. The highest BCUT2D eigenvalue weighted by Gasteiger charge is 2.42. The van der Waals surface area contributed by atoms with Crippen molar-refractivity contribution < 1.29 is 4.74 Å². The molecule has 1 spiro atoms. The van der Waals surface area contributed by atoms with Gasteiger partial charge in [-0.25, -0.2) is 0 Å². The molecule has 0 aromatic heterocycles. The fourth-order valence-corrected chi connectivity index (χ4v) is 4.54. The highest BCUT2D eigenvalue weighted by Crippen LogP contribution is 2.43. The Balaban J connectivity index is 1.40. The van der Waals surface area contributed by atoms with Gasteiger partial charge in [-0.1, -0.05) is 32.1 Å². The zero-order valence-corrected chi connectivity index (χ0v) is 12.6. The summed E-state index contributed by atoms with van der Waals surface area (Å²) in [6, 6.07) is 0.684. The van der Waals surface area contributed by atoms with E-state index in [1.54, 1.807) is 0 Å². The van der Waals surface area contributed by atoms with Gasteiger partial charge in [-0.05, 0) is 51.4 Å². The zero-order chi connectivity index (χ0) is 13.1. The lowest BCUT2D eigenvalue weighted by atomic mass is 9.84. The van der Waals surface area contributed by atoms with Crippen molar-refractivity contribution in [1.82, 2.24) is 5.32 Å². The predicted molar refractivity (Wildman–Crippen MR) is 79.3 cm³/mol. The largest absolute Gasteiger partial charge is 0.370 e. The van der Waals surface area contributed by atoms with Crippen LogP contribution in [0.1, 0.15) is 77.6 Å². The Kier molecular flexibility index (Phi) is 4.48. The SMILES string of the molecule is C[C@H](NCC1CCC2(CCCC2)O1)C1CCCCC1. The molecular weight excluding hydrogens is 234 g/mol. The summed E-state index contributed by atoms with van der Waals surface area (Å²) in [4.78, 5) is 0. The zero-order valence-electron chi connectivity index (χ0n) is 12.6. The standard InChI is InChI=1S/C17H31NO/c1-14(15-7-3-2-4-8-15)18-13-16-9-12-17(19-16)10-5-6-11-17/h14-16,18H,2-13H2,1H3/t14-,16?/m0/s1. The maximum absolute atomic E-state index is 6.39. The third-order valence-electron chi connectivity index (χ3n) is 5.88. The molecule has 19 heavy (non-hydrogen) atoms. The number of ether oxygens (including phenoxy) is 1. The molecule has 2 atom stereocenters. The Morgan fingerprint density at radius 2 is 1.74 bits per heavy atom. The van der Waals surface area contributed by atoms with E-state index in [1.807, 2.05) is 0 Å². The topological polar surface area (TPSA) is 21.3 Å². The summed E-state index contributed by atoms with van der Waals surface area (Å²) in [6.45, 7) is 3.47. The molecule has 0 aromatic carbocycles. The lowest BCUT2D eigenvalue weighted by Crippen LogP contribution is -2.40. The van der Waals surface area contributed by atoms with Crippen LogP contribution in [0.3, 0.4) is 0 Å². The van der Waals surface area contributed by atoms with Gasteiger partial charge < -0.3 is 10.1 Å². The average Bonchev–Trinajstić information content (AvgIpc) is 3.08. The fourth-order valence-electron chi connectivity index (χ4n) is 4.54. The normalized spacial score (nSPS) is 33.0. The van der Waals surface area contributed by atoms with Gasteiger partial charge in [0.2, 0.25) is 0 Å². The molecule has 1 heterocycles. The number of hydrogen-bond acceptors (Lipinski definition) is 2. The van der Waals surface area contributed by atoms with Gasteiger partial charge in [0.25, 0.3) is 0 Å². The van der Waals surface area contributed by atoms with Crippen LogP contribution in [0.4, 0.5) is 0 Å². The Hall–Kier alpha value is -0.0800. The Bertz CT molecular complexity index is 279. The first-order chi connectivity index (χ1) is 9.27. The van der Waals surface area contributed by atoms with Gasteiger partial charge in [-0.3, -0.25) is 0 Å². The molecule has 0 aromatic rings. The first kappa shape index (κ1) is 13.9. The lowest BCUT2D eigenvalue weighted by molar-refractivity contribution is -0.0363. The quantitative estimate of drug-likeness (QED) is 0.828. The highest BCUT2D eigenvalue weighted by atomic mass is 16.5. The second kappa shape index (κ2) is 6.13. The fraction of sp³-hybridized carbons (Fsp3) is 1.00. The monoisotopic (exact) mass is 265 g/mol. The summed E-state index contributed by atoms with van der Waals surface area (Å²) >= 11 is 0. The van der Waals surface area contributed by atoms with E-state index < -0.39 is 0 Å². The Morgan fingerprint density at radius 1 is 1.00 bits per heavy atom. The van der Waals surface area contributed by atoms with E-state index in [0.29, 0.717) is 17.7 Å². The number of nitrogens with one attached hydrogen (secondary N) is 1. The van der Waals surface area contributed by atoms with Crippen molar-refractivity contribution in [1.29, 1.82) is 0 Å². The second-order valence-corrected chi connectivity index (χ2v) is 7.26. The van der Waals surface area contributed by atoms with Crippen molar-refractivity contribution >= 4 is 0 Å². The lowest BCUT2D eigenvalue weighted by Gasteiger charge is -2.30. The van der Waals surface area contributed by atoms with Crippen LogP contribution in [0, 0.1) is 5.92 Å². The van der Waals surface area contributed by atoms with Crippen molar-refractivity contribution in [2.75, 3.05) is 6.54 Å². The molecule has 3 rings (SSSR count). The Labute approximate surface area is 118 Å². The van der Waals surface area contributed by atoms with Gasteiger partial charge in [-0.15, -0.1) is 0 Å². The molecule has 1 aliphatic heterocycles. The van der Waals surface area contributed by atoms with Gasteiger partial charge in [-0.2, -0.15) is 0 Å². The minimum absolute atomic E-state index is 0.306. The van der Waals surface area contributed by atoms with Gasteiger partial charge in [0, 0.05) is 12.6 Å². The van der Waals surface area contributed by atoms with E-state index in [1.165, 1.54) is 70.6 Å². The summed E-state index contributed by atoms with van der Waals surface area (Å²) in [5, 5.41) is 3.78. The van der Waals surface area contributed by atoms with E-state index in [0.717, 1.165) is 12.5 Å². The van der Waals surface area contributed by atoms with Crippen LogP contribution in [-0.4, -0.2) is 24.3 Å².